The maximum atomic E-state index is 12.7. The van der Waals surface area contributed by atoms with Crippen molar-refractivity contribution in [3.05, 3.63) is 70.3 Å². The summed E-state index contributed by atoms with van der Waals surface area (Å²) < 4.78 is 0. The number of urea groups is 1. The van der Waals surface area contributed by atoms with Gasteiger partial charge in [-0.2, -0.15) is 0 Å². The lowest BCUT2D eigenvalue weighted by Gasteiger charge is -2.26. The monoisotopic (exact) mass is 340 g/mol. The number of imide groups is 2. The number of barbiturate groups is 1. The molecule has 4 amide bonds. The van der Waals surface area contributed by atoms with E-state index in [0.29, 0.717) is 10.7 Å². The maximum absolute atomic E-state index is 12.7. The Hall–Kier alpha value is -2.92. The number of benzene rings is 2. The number of rotatable bonds is 2. The van der Waals surface area contributed by atoms with Crippen LogP contribution in [0.3, 0.4) is 0 Å². The van der Waals surface area contributed by atoms with Crippen LogP contribution in [0.1, 0.15) is 11.1 Å². The molecule has 1 heterocycles. The third kappa shape index (κ3) is 2.94. The predicted octanol–water partition coefficient (Wildman–Crippen LogP) is 3.31. The number of amides is 4. The van der Waals surface area contributed by atoms with Gasteiger partial charge in [-0.1, -0.05) is 35.9 Å². The lowest BCUT2D eigenvalue weighted by atomic mass is 10.0. The molecule has 1 aliphatic rings. The number of hydrogen-bond acceptors (Lipinski definition) is 3. The highest BCUT2D eigenvalue weighted by Gasteiger charge is 2.36. The van der Waals surface area contributed by atoms with Gasteiger partial charge in [-0.25, -0.2) is 9.69 Å². The van der Waals surface area contributed by atoms with E-state index in [2.05, 4.69) is 5.32 Å². The van der Waals surface area contributed by atoms with Gasteiger partial charge in [-0.15, -0.1) is 0 Å². The van der Waals surface area contributed by atoms with Crippen molar-refractivity contribution in [1.29, 1.82) is 0 Å². The fourth-order valence-electron chi connectivity index (χ4n) is 2.39. The second-order valence-electron chi connectivity index (χ2n) is 5.29. The van der Waals surface area contributed by atoms with E-state index < -0.39 is 17.8 Å². The van der Waals surface area contributed by atoms with Gasteiger partial charge in [0.1, 0.15) is 5.57 Å². The Labute approximate surface area is 143 Å². The molecular formula is C18H13ClN2O3. The zero-order valence-corrected chi connectivity index (χ0v) is 13.5. The number of nitrogens with zero attached hydrogens (tertiary/aromatic N) is 1. The molecule has 0 atom stereocenters. The van der Waals surface area contributed by atoms with E-state index in [1.54, 1.807) is 30.3 Å². The first kappa shape index (κ1) is 16.0. The Bertz CT molecular complexity index is 872. The van der Waals surface area contributed by atoms with Gasteiger partial charge in [0, 0.05) is 5.02 Å². The minimum atomic E-state index is -0.783. The van der Waals surface area contributed by atoms with Gasteiger partial charge in [-0.05, 0) is 48.4 Å². The third-order valence-electron chi connectivity index (χ3n) is 3.67. The van der Waals surface area contributed by atoms with E-state index >= 15 is 0 Å². The molecule has 120 valence electrons. The first-order chi connectivity index (χ1) is 11.5. The van der Waals surface area contributed by atoms with Crippen LogP contribution in [0.4, 0.5) is 10.5 Å². The molecule has 3 rings (SSSR count). The van der Waals surface area contributed by atoms with Crippen LogP contribution in [-0.2, 0) is 9.59 Å². The molecule has 1 aliphatic heterocycles. The van der Waals surface area contributed by atoms with Crippen LogP contribution >= 0.6 is 11.6 Å². The number of carbonyl (C=O) groups is 3. The molecule has 24 heavy (non-hydrogen) atoms. The number of carbonyl (C=O) groups excluding carboxylic acids is 3. The van der Waals surface area contributed by atoms with Crippen molar-refractivity contribution in [3.8, 4) is 0 Å². The highest BCUT2D eigenvalue weighted by Crippen LogP contribution is 2.24. The van der Waals surface area contributed by atoms with Crippen LogP contribution in [0.25, 0.3) is 6.08 Å². The van der Waals surface area contributed by atoms with Crippen molar-refractivity contribution in [2.45, 2.75) is 6.92 Å². The Morgan fingerprint density at radius 1 is 1.00 bits per heavy atom. The Balaban J connectivity index is 2.03. The average molecular weight is 341 g/mol. The summed E-state index contributed by atoms with van der Waals surface area (Å²) in [7, 11) is 0. The Kier molecular flexibility index (Phi) is 4.18. The number of hydrogen-bond donors (Lipinski definition) is 1. The van der Waals surface area contributed by atoms with Crippen LogP contribution in [0.2, 0.25) is 5.02 Å². The van der Waals surface area contributed by atoms with Crippen LogP contribution in [0.5, 0.6) is 0 Å². The quantitative estimate of drug-likeness (QED) is 0.673. The van der Waals surface area contributed by atoms with Crippen molar-refractivity contribution in [3.63, 3.8) is 0 Å². The van der Waals surface area contributed by atoms with E-state index in [1.807, 2.05) is 25.1 Å². The molecule has 1 saturated heterocycles. The number of nitrogens with one attached hydrogen (secondary N) is 1. The van der Waals surface area contributed by atoms with Gasteiger partial charge in [-0.3, -0.25) is 14.9 Å². The highest BCUT2D eigenvalue weighted by atomic mass is 35.5. The van der Waals surface area contributed by atoms with Gasteiger partial charge in [0.25, 0.3) is 11.8 Å². The molecule has 0 unspecified atom stereocenters. The third-order valence-corrected chi connectivity index (χ3v) is 3.93. The summed E-state index contributed by atoms with van der Waals surface area (Å²) in [5.41, 5.74) is 1.89. The summed E-state index contributed by atoms with van der Waals surface area (Å²) in [6, 6.07) is 12.8. The second-order valence-corrected chi connectivity index (χ2v) is 5.73. The predicted molar refractivity (Wildman–Crippen MR) is 91.6 cm³/mol. The van der Waals surface area contributed by atoms with E-state index in [4.69, 9.17) is 11.6 Å². The smallest absolute Gasteiger partial charge is 0.273 e. The summed E-state index contributed by atoms with van der Waals surface area (Å²) in [5.74, 6) is -1.38. The summed E-state index contributed by atoms with van der Waals surface area (Å²) >= 11 is 5.83. The van der Waals surface area contributed by atoms with Crippen molar-refractivity contribution in [1.82, 2.24) is 5.32 Å². The molecule has 1 fully saturated rings. The van der Waals surface area contributed by atoms with Gasteiger partial charge in [0.15, 0.2) is 0 Å². The van der Waals surface area contributed by atoms with Crippen LogP contribution in [0, 0.1) is 6.92 Å². The summed E-state index contributed by atoms with van der Waals surface area (Å²) in [5, 5.41) is 2.67. The maximum Gasteiger partial charge on any atom is 0.335 e. The molecule has 0 saturated carbocycles. The Morgan fingerprint density at radius 3 is 2.33 bits per heavy atom. The summed E-state index contributed by atoms with van der Waals surface area (Å²) in [6.45, 7) is 1.87. The standard InChI is InChI=1S/C18H13ClN2O3/c1-11-4-2-3-5-12(11)10-15-16(22)20-18(24)21(17(15)23)14-8-6-13(19)7-9-14/h2-10H,1H3,(H,20,22,24)/b15-10+. The summed E-state index contributed by atoms with van der Waals surface area (Å²) in [6.07, 6.45) is 1.49. The molecule has 0 aromatic heterocycles. The van der Waals surface area contributed by atoms with Gasteiger partial charge >= 0.3 is 6.03 Å². The van der Waals surface area contributed by atoms with Crippen molar-refractivity contribution >= 4 is 41.2 Å². The fraction of sp³-hybridized carbons (Fsp3) is 0.0556. The molecule has 0 radical (unpaired) electrons. The molecule has 0 spiro atoms. The minimum absolute atomic E-state index is 0.0983. The van der Waals surface area contributed by atoms with Crippen LogP contribution < -0.4 is 10.2 Å². The molecule has 0 bridgehead atoms. The molecule has 0 aliphatic carbocycles. The van der Waals surface area contributed by atoms with E-state index in [0.717, 1.165) is 16.0 Å². The molecule has 5 nitrogen and oxygen atoms in total. The van der Waals surface area contributed by atoms with Gasteiger partial charge in [0.05, 0.1) is 5.69 Å². The van der Waals surface area contributed by atoms with Crippen molar-refractivity contribution in [2.75, 3.05) is 4.90 Å². The zero-order valence-electron chi connectivity index (χ0n) is 12.7. The number of anilines is 1. The van der Waals surface area contributed by atoms with E-state index in [1.165, 1.54) is 6.08 Å². The molecule has 2 aromatic carbocycles. The highest BCUT2D eigenvalue weighted by molar-refractivity contribution is 6.39. The van der Waals surface area contributed by atoms with Crippen LogP contribution in [-0.4, -0.2) is 17.8 Å². The van der Waals surface area contributed by atoms with Crippen molar-refractivity contribution in [2.24, 2.45) is 0 Å². The molecule has 1 N–H and O–H groups in total. The van der Waals surface area contributed by atoms with Gasteiger partial charge in [0.2, 0.25) is 0 Å². The average Bonchev–Trinajstić information content (AvgIpc) is 2.54. The first-order valence-electron chi connectivity index (χ1n) is 7.20. The van der Waals surface area contributed by atoms with Crippen LogP contribution in [0.15, 0.2) is 54.1 Å². The SMILES string of the molecule is Cc1ccccc1/C=C1\C(=O)NC(=O)N(c2ccc(Cl)cc2)C1=O. The molecule has 6 heteroatoms. The molecular weight excluding hydrogens is 328 g/mol. The number of halogens is 1. The second kappa shape index (κ2) is 6.29. The Morgan fingerprint density at radius 2 is 1.67 bits per heavy atom. The fourth-order valence-corrected chi connectivity index (χ4v) is 2.51. The topological polar surface area (TPSA) is 66.5 Å². The summed E-state index contributed by atoms with van der Waals surface area (Å²) in [4.78, 5) is 37.8. The lowest BCUT2D eigenvalue weighted by Crippen LogP contribution is -2.54. The van der Waals surface area contributed by atoms with Gasteiger partial charge < -0.3 is 0 Å². The first-order valence-corrected chi connectivity index (χ1v) is 7.58. The normalized spacial score (nSPS) is 16.5. The zero-order chi connectivity index (χ0) is 17.3. The van der Waals surface area contributed by atoms with E-state index in [-0.39, 0.29) is 5.57 Å². The van der Waals surface area contributed by atoms with E-state index in [9.17, 15) is 14.4 Å². The minimum Gasteiger partial charge on any atom is -0.273 e. The number of aryl methyl sites for hydroxylation is 1. The lowest BCUT2D eigenvalue weighted by molar-refractivity contribution is -0.122. The largest absolute Gasteiger partial charge is 0.335 e. The van der Waals surface area contributed by atoms with Crippen molar-refractivity contribution < 1.29 is 14.4 Å². The molecule has 2 aromatic rings.